The van der Waals surface area contributed by atoms with Crippen molar-refractivity contribution in [3.8, 4) is 0 Å². The smallest absolute Gasteiger partial charge is 0.0885 e. The van der Waals surface area contributed by atoms with Crippen molar-refractivity contribution in [2.24, 2.45) is 0 Å². The van der Waals surface area contributed by atoms with Crippen LogP contribution in [0.2, 0.25) is 0 Å². The fourth-order valence-corrected chi connectivity index (χ4v) is 1.90. The van der Waals surface area contributed by atoms with Gasteiger partial charge in [0.1, 0.15) is 0 Å². The fraction of sp³-hybridized carbons (Fsp3) is 0.267. The lowest BCUT2D eigenvalue weighted by Gasteiger charge is -2.07. The number of para-hydroxylation sites is 1. The van der Waals surface area contributed by atoms with Crippen LogP contribution in [0.5, 0.6) is 0 Å². The average Bonchev–Trinajstić information content (AvgIpc) is 2.43. The molecule has 0 aliphatic heterocycles. The molecule has 0 unspecified atom stereocenters. The molecule has 0 aliphatic rings. The first kappa shape index (κ1) is 12.6. The molecular weight excluding hydrogens is 224 g/mol. The Labute approximate surface area is 107 Å². The van der Waals surface area contributed by atoms with Gasteiger partial charge in [-0.15, -0.1) is 0 Å². The highest BCUT2D eigenvalue weighted by Gasteiger charge is 2.00. The largest absolute Gasteiger partial charge is 0.502 e. The molecule has 0 aliphatic carbocycles. The van der Waals surface area contributed by atoms with Crippen molar-refractivity contribution in [3.05, 3.63) is 54.9 Å². The second-order valence-electron chi connectivity index (χ2n) is 4.06. The average molecular weight is 242 g/mol. The summed E-state index contributed by atoms with van der Waals surface area (Å²) in [6.07, 6.45) is 4.29. The van der Waals surface area contributed by atoms with Gasteiger partial charge in [-0.3, -0.25) is 4.98 Å². The van der Waals surface area contributed by atoms with Crippen LogP contribution in [0.25, 0.3) is 10.9 Å². The third-order valence-corrected chi connectivity index (χ3v) is 2.77. The normalized spacial score (nSPS) is 10.4. The van der Waals surface area contributed by atoms with E-state index in [1.807, 2.05) is 12.3 Å². The summed E-state index contributed by atoms with van der Waals surface area (Å²) in [4.78, 5) is 4.43. The zero-order valence-corrected chi connectivity index (χ0v) is 10.4. The maximum atomic E-state index is 5.07. The summed E-state index contributed by atoms with van der Waals surface area (Å²) in [7, 11) is 0. The van der Waals surface area contributed by atoms with Gasteiger partial charge < -0.3 is 10.1 Å². The number of hydrogen-bond donors (Lipinski definition) is 1. The Bertz CT molecular complexity index is 505. The van der Waals surface area contributed by atoms with Gasteiger partial charge in [-0.2, -0.15) is 0 Å². The molecule has 0 amide bonds. The fourth-order valence-electron chi connectivity index (χ4n) is 1.90. The monoisotopic (exact) mass is 242 g/mol. The molecule has 94 valence electrons. The molecule has 2 aromatic rings. The number of fused-ring (bicyclic) bond motifs is 1. The highest BCUT2D eigenvalue weighted by Crippen LogP contribution is 2.15. The number of nitrogens with zero attached hydrogens (tertiary/aromatic N) is 1. The zero-order valence-electron chi connectivity index (χ0n) is 10.4. The Morgan fingerprint density at radius 3 is 3.06 bits per heavy atom. The first-order valence-electron chi connectivity index (χ1n) is 6.17. The van der Waals surface area contributed by atoms with E-state index in [1.165, 1.54) is 17.2 Å². The van der Waals surface area contributed by atoms with Crippen LogP contribution in [0.1, 0.15) is 12.0 Å². The summed E-state index contributed by atoms with van der Waals surface area (Å²) in [6.45, 7) is 5.99. The van der Waals surface area contributed by atoms with E-state index in [0.29, 0.717) is 6.61 Å². The van der Waals surface area contributed by atoms with Gasteiger partial charge in [0.15, 0.2) is 0 Å². The molecule has 0 saturated heterocycles. The molecular formula is C15H18N2O. The molecule has 0 radical (unpaired) electrons. The van der Waals surface area contributed by atoms with E-state index in [-0.39, 0.29) is 0 Å². The quantitative estimate of drug-likeness (QED) is 0.599. The predicted molar refractivity (Wildman–Crippen MR) is 74.2 cm³/mol. The van der Waals surface area contributed by atoms with Gasteiger partial charge in [-0.05, 0) is 24.6 Å². The Morgan fingerprint density at radius 1 is 1.28 bits per heavy atom. The molecule has 0 fully saturated rings. The number of ether oxygens (including phenoxy) is 1. The van der Waals surface area contributed by atoms with E-state index >= 15 is 0 Å². The first-order chi connectivity index (χ1) is 8.92. The number of aromatic nitrogens is 1. The Morgan fingerprint density at radius 2 is 2.17 bits per heavy atom. The summed E-state index contributed by atoms with van der Waals surface area (Å²) >= 11 is 0. The van der Waals surface area contributed by atoms with Crippen LogP contribution in [0.15, 0.2) is 49.4 Å². The minimum absolute atomic E-state index is 0.713. The molecule has 1 heterocycles. The molecule has 0 saturated carbocycles. The number of benzene rings is 1. The standard InChI is InChI=1S/C15H18N2O/c1-2-18-11-5-9-16-12-14-7-3-6-13-8-4-10-17-15(13)14/h2-4,6-8,10,16H,1,5,9,11-12H2. The van der Waals surface area contributed by atoms with E-state index in [2.05, 4.69) is 41.1 Å². The summed E-state index contributed by atoms with van der Waals surface area (Å²) < 4.78 is 5.07. The number of hydrogen-bond acceptors (Lipinski definition) is 3. The van der Waals surface area contributed by atoms with Gasteiger partial charge in [0.05, 0.1) is 18.4 Å². The van der Waals surface area contributed by atoms with Gasteiger partial charge in [-0.25, -0.2) is 0 Å². The Kier molecular flexibility index (Phi) is 4.73. The lowest BCUT2D eigenvalue weighted by Crippen LogP contribution is -2.16. The lowest BCUT2D eigenvalue weighted by molar-refractivity contribution is 0.244. The van der Waals surface area contributed by atoms with E-state index in [0.717, 1.165) is 25.0 Å². The minimum atomic E-state index is 0.713. The summed E-state index contributed by atoms with van der Waals surface area (Å²) in [5, 5.41) is 4.59. The molecule has 3 nitrogen and oxygen atoms in total. The van der Waals surface area contributed by atoms with Crippen molar-refractivity contribution in [2.75, 3.05) is 13.2 Å². The van der Waals surface area contributed by atoms with E-state index in [9.17, 15) is 0 Å². The van der Waals surface area contributed by atoms with Gasteiger partial charge in [-0.1, -0.05) is 30.8 Å². The molecule has 1 aromatic carbocycles. The molecule has 0 spiro atoms. The van der Waals surface area contributed by atoms with E-state index < -0.39 is 0 Å². The molecule has 2 rings (SSSR count). The highest BCUT2D eigenvalue weighted by atomic mass is 16.5. The number of rotatable bonds is 7. The Balaban J connectivity index is 1.89. The van der Waals surface area contributed by atoms with Crippen LogP contribution in [0, 0.1) is 0 Å². The van der Waals surface area contributed by atoms with Gasteiger partial charge in [0.25, 0.3) is 0 Å². The van der Waals surface area contributed by atoms with Gasteiger partial charge >= 0.3 is 0 Å². The lowest BCUT2D eigenvalue weighted by atomic mass is 10.1. The third kappa shape index (κ3) is 3.31. The van der Waals surface area contributed by atoms with Crippen molar-refractivity contribution in [1.29, 1.82) is 0 Å². The topological polar surface area (TPSA) is 34.1 Å². The molecule has 3 heteroatoms. The van der Waals surface area contributed by atoms with Crippen LogP contribution < -0.4 is 5.32 Å². The van der Waals surface area contributed by atoms with Gasteiger partial charge in [0, 0.05) is 18.1 Å². The van der Waals surface area contributed by atoms with Crippen molar-refractivity contribution < 1.29 is 4.74 Å². The molecule has 1 N–H and O–H groups in total. The van der Waals surface area contributed by atoms with Crippen molar-refractivity contribution in [2.45, 2.75) is 13.0 Å². The van der Waals surface area contributed by atoms with Crippen molar-refractivity contribution >= 4 is 10.9 Å². The molecule has 1 aromatic heterocycles. The van der Waals surface area contributed by atoms with Gasteiger partial charge in [0.2, 0.25) is 0 Å². The number of nitrogens with one attached hydrogen (secondary N) is 1. The predicted octanol–water partition coefficient (Wildman–Crippen LogP) is 2.87. The van der Waals surface area contributed by atoms with Crippen LogP contribution in [0.4, 0.5) is 0 Å². The summed E-state index contributed by atoms with van der Waals surface area (Å²) in [5.41, 5.74) is 2.31. The van der Waals surface area contributed by atoms with Crippen molar-refractivity contribution in [1.82, 2.24) is 10.3 Å². The third-order valence-electron chi connectivity index (χ3n) is 2.77. The summed E-state index contributed by atoms with van der Waals surface area (Å²) in [5.74, 6) is 0. The second-order valence-corrected chi connectivity index (χ2v) is 4.06. The molecule has 0 atom stereocenters. The zero-order chi connectivity index (χ0) is 12.6. The SMILES string of the molecule is C=COCCCNCc1cccc2cccnc12. The van der Waals surface area contributed by atoms with Crippen molar-refractivity contribution in [3.63, 3.8) is 0 Å². The van der Waals surface area contributed by atoms with E-state index in [1.54, 1.807) is 0 Å². The summed E-state index contributed by atoms with van der Waals surface area (Å²) in [6, 6.07) is 10.3. The van der Waals surface area contributed by atoms with Crippen LogP contribution in [0.3, 0.4) is 0 Å². The molecule has 0 bridgehead atoms. The maximum absolute atomic E-state index is 5.07. The second kappa shape index (κ2) is 6.77. The minimum Gasteiger partial charge on any atom is -0.502 e. The Hall–Kier alpha value is -1.87. The number of pyridine rings is 1. The van der Waals surface area contributed by atoms with E-state index in [4.69, 9.17) is 4.74 Å². The highest BCUT2D eigenvalue weighted by molar-refractivity contribution is 5.81. The maximum Gasteiger partial charge on any atom is 0.0885 e. The first-order valence-corrected chi connectivity index (χ1v) is 6.17. The molecule has 18 heavy (non-hydrogen) atoms. The van der Waals surface area contributed by atoms with Crippen LogP contribution in [-0.2, 0) is 11.3 Å². The van der Waals surface area contributed by atoms with Crippen LogP contribution in [-0.4, -0.2) is 18.1 Å². The van der Waals surface area contributed by atoms with Crippen LogP contribution >= 0.6 is 0 Å².